The van der Waals surface area contributed by atoms with Crippen molar-refractivity contribution in [3.63, 3.8) is 0 Å². The Morgan fingerprint density at radius 2 is 0.885 bits per heavy atom. The third-order valence-electron chi connectivity index (χ3n) is 10.4. The van der Waals surface area contributed by atoms with E-state index in [1.807, 2.05) is 0 Å². The summed E-state index contributed by atoms with van der Waals surface area (Å²) in [6.07, 6.45) is 0. The third-order valence-corrected chi connectivity index (χ3v) is 10.4. The Labute approximate surface area is 306 Å². The van der Waals surface area contributed by atoms with Crippen molar-refractivity contribution in [2.75, 3.05) is 4.90 Å². The Bertz CT molecular complexity index is 2730. The number of para-hydroxylation sites is 1. The van der Waals surface area contributed by atoms with E-state index in [1.165, 1.54) is 93.8 Å². The lowest BCUT2D eigenvalue weighted by Gasteiger charge is -2.28. The monoisotopic (exact) mass is 665 g/mol. The molecule has 0 amide bonds. The molecule has 0 aliphatic heterocycles. The Kier molecular flexibility index (Phi) is 7.90. The van der Waals surface area contributed by atoms with Gasteiger partial charge in [-0.15, -0.1) is 0 Å². The fourth-order valence-electron chi connectivity index (χ4n) is 8.20. The quantitative estimate of drug-likeness (QED) is 0.160. The SMILES string of the molecule is Cc1cc(C)cc(N(c2ccc3c(c2)c2ccccc2c2c(-c4ccccc4)cc(-c4ccccc4)c(-c4ccccc4)c32)c2ccccc2C)c1. The van der Waals surface area contributed by atoms with Crippen LogP contribution < -0.4 is 4.90 Å². The van der Waals surface area contributed by atoms with Gasteiger partial charge in [0.05, 0.1) is 0 Å². The molecule has 9 aromatic rings. The molecular formula is C51H39N. The van der Waals surface area contributed by atoms with E-state index in [1.54, 1.807) is 0 Å². The van der Waals surface area contributed by atoms with E-state index in [2.05, 4.69) is 208 Å². The Balaban J connectivity index is 1.46. The van der Waals surface area contributed by atoms with Crippen LogP contribution in [0.2, 0.25) is 0 Å². The maximum atomic E-state index is 2.43. The first-order chi connectivity index (χ1) is 25.5. The summed E-state index contributed by atoms with van der Waals surface area (Å²) in [7, 11) is 0. The molecular weight excluding hydrogens is 627 g/mol. The van der Waals surface area contributed by atoms with E-state index in [4.69, 9.17) is 0 Å². The lowest BCUT2D eigenvalue weighted by Crippen LogP contribution is -2.11. The van der Waals surface area contributed by atoms with Gasteiger partial charge in [0.15, 0.2) is 0 Å². The van der Waals surface area contributed by atoms with Crippen LogP contribution in [0, 0.1) is 20.8 Å². The minimum Gasteiger partial charge on any atom is -0.310 e. The zero-order valence-corrected chi connectivity index (χ0v) is 29.8. The minimum absolute atomic E-state index is 1.14. The first-order valence-electron chi connectivity index (χ1n) is 18.1. The van der Waals surface area contributed by atoms with Crippen LogP contribution in [0.4, 0.5) is 17.1 Å². The van der Waals surface area contributed by atoms with Gasteiger partial charge < -0.3 is 4.90 Å². The minimum atomic E-state index is 1.14. The average molecular weight is 666 g/mol. The summed E-state index contributed by atoms with van der Waals surface area (Å²) in [5.74, 6) is 0. The van der Waals surface area contributed by atoms with Crippen molar-refractivity contribution in [3.05, 3.63) is 199 Å². The second-order valence-electron chi connectivity index (χ2n) is 13.9. The highest BCUT2D eigenvalue weighted by molar-refractivity contribution is 6.33. The molecule has 0 aliphatic rings. The van der Waals surface area contributed by atoms with Crippen LogP contribution >= 0.6 is 0 Å². The van der Waals surface area contributed by atoms with Crippen molar-refractivity contribution < 1.29 is 0 Å². The van der Waals surface area contributed by atoms with Crippen LogP contribution in [0.1, 0.15) is 16.7 Å². The number of aryl methyl sites for hydroxylation is 3. The average Bonchev–Trinajstić information content (AvgIpc) is 3.19. The van der Waals surface area contributed by atoms with Gasteiger partial charge in [0.2, 0.25) is 0 Å². The summed E-state index contributed by atoms with van der Waals surface area (Å²) in [6.45, 7) is 6.58. The van der Waals surface area contributed by atoms with Crippen molar-refractivity contribution in [3.8, 4) is 33.4 Å². The smallest absolute Gasteiger partial charge is 0.0490 e. The van der Waals surface area contributed by atoms with Gasteiger partial charge in [0.1, 0.15) is 0 Å². The first kappa shape index (κ1) is 31.5. The van der Waals surface area contributed by atoms with Gasteiger partial charge in [-0.25, -0.2) is 0 Å². The van der Waals surface area contributed by atoms with E-state index < -0.39 is 0 Å². The third kappa shape index (κ3) is 5.43. The molecule has 0 heterocycles. The van der Waals surface area contributed by atoms with Crippen LogP contribution in [0.15, 0.2) is 182 Å². The highest BCUT2D eigenvalue weighted by atomic mass is 15.1. The van der Waals surface area contributed by atoms with E-state index in [-0.39, 0.29) is 0 Å². The standard InChI is InChI=1S/C51H39N/c1-34-29-35(2)31-41(30-34)52(48-26-16-13-17-36(48)3)40-27-28-44-47(32-40)42-24-14-15-25-43(42)50-46(38-20-9-5-10-21-38)33-45(37-18-7-4-8-19-37)49(51(44)50)39-22-11-6-12-23-39/h4-33H,1-3H3. The Morgan fingerprint density at radius 1 is 0.346 bits per heavy atom. The highest BCUT2D eigenvalue weighted by Gasteiger charge is 2.23. The number of nitrogens with zero attached hydrogens (tertiary/aromatic N) is 1. The Morgan fingerprint density at radius 3 is 1.54 bits per heavy atom. The van der Waals surface area contributed by atoms with E-state index in [0.29, 0.717) is 0 Å². The Hall–Kier alpha value is -6.44. The molecule has 9 rings (SSSR count). The van der Waals surface area contributed by atoms with Gasteiger partial charge in [-0.2, -0.15) is 0 Å². The van der Waals surface area contributed by atoms with Crippen molar-refractivity contribution in [1.82, 2.24) is 0 Å². The van der Waals surface area contributed by atoms with Crippen molar-refractivity contribution >= 4 is 49.4 Å². The maximum absolute atomic E-state index is 2.43. The predicted octanol–water partition coefficient (Wildman–Crippen LogP) is 14.5. The molecule has 0 atom stereocenters. The second kappa shape index (κ2) is 13.0. The molecule has 1 nitrogen and oxygen atoms in total. The second-order valence-corrected chi connectivity index (χ2v) is 13.9. The van der Waals surface area contributed by atoms with Crippen LogP contribution in [-0.2, 0) is 0 Å². The van der Waals surface area contributed by atoms with Gasteiger partial charge in [-0.05, 0) is 140 Å². The molecule has 0 saturated heterocycles. The molecule has 0 radical (unpaired) electrons. The number of rotatable bonds is 6. The summed E-state index contributed by atoms with van der Waals surface area (Å²) in [5, 5.41) is 7.56. The van der Waals surface area contributed by atoms with Crippen LogP contribution in [0.25, 0.3) is 65.7 Å². The van der Waals surface area contributed by atoms with E-state index in [0.717, 1.165) is 5.69 Å². The van der Waals surface area contributed by atoms with Crippen molar-refractivity contribution in [1.29, 1.82) is 0 Å². The molecule has 52 heavy (non-hydrogen) atoms. The van der Waals surface area contributed by atoms with Gasteiger partial charge in [0, 0.05) is 17.1 Å². The molecule has 0 aliphatic carbocycles. The number of anilines is 3. The molecule has 248 valence electrons. The van der Waals surface area contributed by atoms with Crippen LogP contribution in [0.3, 0.4) is 0 Å². The number of hydrogen-bond acceptors (Lipinski definition) is 1. The summed E-state index contributed by atoms with van der Waals surface area (Å²) >= 11 is 0. The van der Waals surface area contributed by atoms with Gasteiger partial charge >= 0.3 is 0 Å². The molecule has 0 saturated carbocycles. The van der Waals surface area contributed by atoms with Crippen molar-refractivity contribution in [2.24, 2.45) is 0 Å². The summed E-state index contributed by atoms with van der Waals surface area (Å²) < 4.78 is 0. The maximum Gasteiger partial charge on any atom is 0.0490 e. The zero-order chi connectivity index (χ0) is 35.2. The largest absolute Gasteiger partial charge is 0.310 e. The molecule has 0 N–H and O–H groups in total. The van der Waals surface area contributed by atoms with E-state index >= 15 is 0 Å². The predicted molar refractivity (Wildman–Crippen MR) is 224 cm³/mol. The summed E-state index contributed by atoms with van der Waals surface area (Å²) in [5.41, 5.74) is 14.6. The fourth-order valence-corrected chi connectivity index (χ4v) is 8.20. The van der Waals surface area contributed by atoms with Gasteiger partial charge in [0.25, 0.3) is 0 Å². The molecule has 0 bridgehead atoms. The molecule has 9 aromatic carbocycles. The summed E-state index contributed by atoms with van der Waals surface area (Å²) in [6, 6.07) is 66.8. The van der Waals surface area contributed by atoms with Crippen molar-refractivity contribution in [2.45, 2.75) is 20.8 Å². The number of benzene rings is 9. The highest BCUT2D eigenvalue weighted by Crippen LogP contribution is 2.50. The number of fused-ring (bicyclic) bond motifs is 6. The van der Waals surface area contributed by atoms with Crippen LogP contribution in [-0.4, -0.2) is 0 Å². The lowest BCUT2D eigenvalue weighted by molar-refractivity contribution is 1.23. The molecule has 0 unspecified atom stereocenters. The fraction of sp³-hybridized carbons (Fsp3) is 0.0588. The van der Waals surface area contributed by atoms with Crippen LogP contribution in [0.5, 0.6) is 0 Å². The van der Waals surface area contributed by atoms with Gasteiger partial charge in [-0.1, -0.05) is 146 Å². The molecule has 0 spiro atoms. The molecule has 0 fully saturated rings. The topological polar surface area (TPSA) is 3.24 Å². The first-order valence-corrected chi connectivity index (χ1v) is 18.1. The lowest BCUT2D eigenvalue weighted by atomic mass is 9.81. The molecule has 1 heteroatoms. The van der Waals surface area contributed by atoms with E-state index in [9.17, 15) is 0 Å². The summed E-state index contributed by atoms with van der Waals surface area (Å²) in [4.78, 5) is 2.43. The number of hydrogen-bond donors (Lipinski definition) is 0. The molecule has 0 aromatic heterocycles. The zero-order valence-electron chi connectivity index (χ0n) is 29.8. The van der Waals surface area contributed by atoms with Gasteiger partial charge in [-0.3, -0.25) is 0 Å². The normalized spacial score (nSPS) is 11.4.